The first-order valence-electron chi connectivity index (χ1n) is 7.20. The molecule has 124 valence electrons. The molecule has 1 amide bonds. The number of carbonyl (C=O) groups is 1. The molecule has 0 saturated carbocycles. The van der Waals surface area contributed by atoms with Crippen molar-refractivity contribution in [3.8, 4) is 0 Å². The summed E-state index contributed by atoms with van der Waals surface area (Å²) >= 11 is 5.86. The van der Waals surface area contributed by atoms with Gasteiger partial charge in [-0.25, -0.2) is 10.4 Å². The van der Waals surface area contributed by atoms with Crippen LogP contribution in [0.4, 0.5) is 0 Å². The molecule has 3 aromatic rings. The van der Waals surface area contributed by atoms with E-state index in [0.29, 0.717) is 21.8 Å². The van der Waals surface area contributed by atoms with Crippen molar-refractivity contribution < 1.29 is 10.0 Å². The third-order valence-corrected chi connectivity index (χ3v) is 3.49. The van der Waals surface area contributed by atoms with E-state index in [1.54, 1.807) is 24.3 Å². The lowest BCUT2D eigenvalue weighted by Crippen LogP contribution is -2.21. The number of benzene rings is 2. The van der Waals surface area contributed by atoms with Gasteiger partial charge in [-0.15, -0.1) is 0 Å². The molecule has 0 bridgehead atoms. The summed E-state index contributed by atoms with van der Waals surface area (Å²) in [5.41, 5.74) is 4.60. The highest BCUT2D eigenvalue weighted by Crippen LogP contribution is 2.11. The monoisotopic (exact) mass is 353 g/mol. The first-order valence-corrected chi connectivity index (χ1v) is 7.58. The molecule has 0 aliphatic carbocycles. The highest BCUT2D eigenvalue weighted by molar-refractivity contribution is 6.37. The number of oxime groups is 1. The minimum atomic E-state index is -0.458. The number of hydrogen-bond acceptors (Lipinski definition) is 6. The van der Waals surface area contributed by atoms with Gasteiger partial charge in [0.05, 0.1) is 23.4 Å². The van der Waals surface area contributed by atoms with Gasteiger partial charge in [0.25, 0.3) is 5.91 Å². The summed E-state index contributed by atoms with van der Waals surface area (Å²) in [6.07, 6.45) is 2.55. The number of fused-ring (bicyclic) bond motifs is 1. The molecule has 0 unspecified atom stereocenters. The van der Waals surface area contributed by atoms with E-state index >= 15 is 0 Å². The Morgan fingerprint density at radius 1 is 1.16 bits per heavy atom. The number of nitrogens with one attached hydrogen (secondary N) is 1. The fourth-order valence-corrected chi connectivity index (χ4v) is 2.28. The van der Waals surface area contributed by atoms with Crippen LogP contribution in [0.15, 0.2) is 65.0 Å². The summed E-state index contributed by atoms with van der Waals surface area (Å²) in [6, 6.07) is 13.7. The summed E-state index contributed by atoms with van der Waals surface area (Å²) in [7, 11) is 0. The molecule has 8 heteroatoms. The Bertz CT molecular complexity index is 987. The molecular weight excluding hydrogens is 342 g/mol. The van der Waals surface area contributed by atoms with E-state index in [4.69, 9.17) is 16.8 Å². The molecule has 0 atom stereocenters. The third-order valence-electron chi connectivity index (χ3n) is 3.26. The van der Waals surface area contributed by atoms with Crippen LogP contribution in [0.3, 0.4) is 0 Å². The van der Waals surface area contributed by atoms with E-state index in [1.807, 2.05) is 18.2 Å². The normalized spacial score (nSPS) is 11.8. The molecule has 0 aliphatic rings. The van der Waals surface area contributed by atoms with Crippen LogP contribution in [0, 0.1) is 0 Å². The minimum Gasteiger partial charge on any atom is -0.411 e. The number of aromatic nitrogens is 2. The third kappa shape index (κ3) is 3.96. The van der Waals surface area contributed by atoms with Crippen molar-refractivity contribution in [1.29, 1.82) is 0 Å². The Hall–Kier alpha value is -3.32. The highest BCUT2D eigenvalue weighted by Gasteiger charge is 2.09. The zero-order valence-corrected chi connectivity index (χ0v) is 13.6. The highest BCUT2D eigenvalue weighted by atomic mass is 35.5. The Morgan fingerprint density at radius 3 is 2.72 bits per heavy atom. The van der Waals surface area contributed by atoms with Crippen LogP contribution in [0.1, 0.15) is 16.1 Å². The second-order valence-electron chi connectivity index (χ2n) is 4.94. The van der Waals surface area contributed by atoms with Crippen LogP contribution < -0.4 is 5.43 Å². The quantitative estimate of drug-likeness (QED) is 0.428. The minimum absolute atomic E-state index is 0.149. The summed E-state index contributed by atoms with van der Waals surface area (Å²) in [4.78, 5) is 20.8. The van der Waals surface area contributed by atoms with Gasteiger partial charge in [-0.2, -0.15) is 5.10 Å². The van der Waals surface area contributed by atoms with E-state index in [0.717, 1.165) is 11.7 Å². The summed E-state index contributed by atoms with van der Waals surface area (Å²) in [6.45, 7) is 0. The molecule has 0 radical (unpaired) electrons. The zero-order chi connectivity index (χ0) is 17.6. The largest absolute Gasteiger partial charge is 0.411 e. The number of carbonyl (C=O) groups excluding carboxylic acids is 1. The standard InChI is InChI=1S/C17H12ClN5O2/c18-12-5-3-4-11(8-12)17(24)23-22-16(10-20-25)15-9-19-13-6-1-2-7-14(13)21-15/h1-10,25H,(H,23,24). The van der Waals surface area contributed by atoms with Crippen molar-refractivity contribution in [3.63, 3.8) is 0 Å². The van der Waals surface area contributed by atoms with E-state index in [2.05, 4.69) is 25.7 Å². The molecule has 1 aromatic heterocycles. The molecule has 0 saturated heterocycles. The lowest BCUT2D eigenvalue weighted by atomic mass is 10.2. The predicted molar refractivity (Wildman–Crippen MR) is 95.3 cm³/mol. The van der Waals surface area contributed by atoms with Crippen LogP contribution >= 0.6 is 11.6 Å². The van der Waals surface area contributed by atoms with Gasteiger partial charge in [-0.3, -0.25) is 9.78 Å². The zero-order valence-electron chi connectivity index (χ0n) is 12.8. The van der Waals surface area contributed by atoms with Crippen molar-refractivity contribution in [3.05, 3.63) is 71.0 Å². The van der Waals surface area contributed by atoms with Gasteiger partial charge in [-0.05, 0) is 30.3 Å². The number of halogens is 1. The van der Waals surface area contributed by atoms with Crippen LogP contribution in [0.25, 0.3) is 11.0 Å². The van der Waals surface area contributed by atoms with Crippen molar-refractivity contribution in [1.82, 2.24) is 15.4 Å². The van der Waals surface area contributed by atoms with Crippen molar-refractivity contribution >= 4 is 40.5 Å². The van der Waals surface area contributed by atoms with Gasteiger partial charge >= 0.3 is 0 Å². The SMILES string of the molecule is O=C(NN=C(C=NO)c1cnc2ccccc2n1)c1cccc(Cl)c1. The first kappa shape index (κ1) is 16.5. The van der Waals surface area contributed by atoms with Gasteiger partial charge in [-0.1, -0.05) is 35.0 Å². The Kier molecular flexibility index (Phi) is 4.96. The molecule has 0 spiro atoms. The molecule has 25 heavy (non-hydrogen) atoms. The van der Waals surface area contributed by atoms with Crippen LogP contribution in [-0.4, -0.2) is 33.0 Å². The maximum absolute atomic E-state index is 12.1. The topological polar surface area (TPSA) is 99.8 Å². The number of para-hydroxylation sites is 2. The number of amides is 1. The van der Waals surface area contributed by atoms with Crippen molar-refractivity contribution in [2.24, 2.45) is 10.3 Å². The summed E-state index contributed by atoms with van der Waals surface area (Å²) in [5.74, 6) is -0.458. The lowest BCUT2D eigenvalue weighted by Gasteiger charge is -2.04. The molecule has 2 N–H and O–H groups in total. The fourth-order valence-electron chi connectivity index (χ4n) is 2.09. The molecule has 0 fully saturated rings. The molecular formula is C17H12ClN5O2. The van der Waals surface area contributed by atoms with Crippen molar-refractivity contribution in [2.45, 2.75) is 0 Å². The Labute approximate surface area is 147 Å². The second kappa shape index (κ2) is 7.50. The average molecular weight is 354 g/mol. The van der Waals surface area contributed by atoms with Crippen LogP contribution in [0.5, 0.6) is 0 Å². The summed E-state index contributed by atoms with van der Waals surface area (Å²) in [5, 5.41) is 16.2. The van der Waals surface area contributed by atoms with Crippen LogP contribution in [-0.2, 0) is 0 Å². The van der Waals surface area contributed by atoms with E-state index in [-0.39, 0.29) is 5.71 Å². The van der Waals surface area contributed by atoms with Gasteiger partial charge < -0.3 is 5.21 Å². The number of hydrazone groups is 1. The molecule has 2 aromatic carbocycles. The fraction of sp³-hybridized carbons (Fsp3) is 0. The Morgan fingerprint density at radius 2 is 1.96 bits per heavy atom. The number of rotatable bonds is 4. The second-order valence-corrected chi connectivity index (χ2v) is 5.37. The van der Waals surface area contributed by atoms with Gasteiger partial charge in [0.2, 0.25) is 0 Å². The first-order chi connectivity index (χ1) is 12.2. The van der Waals surface area contributed by atoms with Gasteiger partial charge in [0.1, 0.15) is 11.4 Å². The van der Waals surface area contributed by atoms with Gasteiger partial charge in [0.15, 0.2) is 0 Å². The van der Waals surface area contributed by atoms with Gasteiger partial charge in [0, 0.05) is 10.6 Å². The summed E-state index contributed by atoms with van der Waals surface area (Å²) < 4.78 is 0. The van der Waals surface area contributed by atoms with Crippen LogP contribution in [0.2, 0.25) is 5.02 Å². The average Bonchev–Trinajstić information content (AvgIpc) is 2.64. The molecule has 1 heterocycles. The van der Waals surface area contributed by atoms with E-state index in [1.165, 1.54) is 12.3 Å². The molecule has 7 nitrogen and oxygen atoms in total. The maximum Gasteiger partial charge on any atom is 0.271 e. The lowest BCUT2D eigenvalue weighted by molar-refractivity contribution is 0.0955. The van der Waals surface area contributed by atoms with E-state index in [9.17, 15) is 4.79 Å². The Balaban J connectivity index is 1.89. The smallest absolute Gasteiger partial charge is 0.271 e. The van der Waals surface area contributed by atoms with E-state index < -0.39 is 5.91 Å². The molecule has 3 rings (SSSR count). The molecule has 0 aliphatic heterocycles. The number of nitrogens with zero attached hydrogens (tertiary/aromatic N) is 4. The number of hydrogen-bond donors (Lipinski definition) is 2. The maximum atomic E-state index is 12.1. The predicted octanol–water partition coefficient (Wildman–Crippen LogP) is 2.88. The van der Waals surface area contributed by atoms with Crippen molar-refractivity contribution in [2.75, 3.05) is 0 Å².